The van der Waals surface area contributed by atoms with E-state index in [0.29, 0.717) is 19.7 Å². The molecule has 1 atom stereocenters. The number of rotatable bonds is 10. The van der Waals surface area contributed by atoms with Crippen LogP contribution in [0.5, 0.6) is 0 Å². The maximum atomic E-state index is 11.7. The van der Waals surface area contributed by atoms with Gasteiger partial charge in [-0.2, -0.15) is 0 Å². The Kier molecular flexibility index (Phi) is 10.1. The van der Waals surface area contributed by atoms with Gasteiger partial charge in [0.1, 0.15) is 0 Å². The van der Waals surface area contributed by atoms with Gasteiger partial charge in [-0.15, -0.1) is 0 Å². The number of carbonyl (C=O) groups is 1. The van der Waals surface area contributed by atoms with Crippen molar-refractivity contribution >= 4 is 5.91 Å². The summed E-state index contributed by atoms with van der Waals surface area (Å²) in [5.74, 6) is -0.0147. The van der Waals surface area contributed by atoms with Gasteiger partial charge in [-0.05, 0) is 19.9 Å². The van der Waals surface area contributed by atoms with Crippen molar-refractivity contribution in [2.45, 2.75) is 32.7 Å². The molecule has 0 aromatic rings. The molecule has 0 heterocycles. The van der Waals surface area contributed by atoms with Gasteiger partial charge in [-0.3, -0.25) is 9.69 Å². The van der Waals surface area contributed by atoms with E-state index < -0.39 is 0 Å². The summed E-state index contributed by atoms with van der Waals surface area (Å²) in [5, 5.41) is 11.8. The predicted octanol–water partition coefficient (Wildman–Crippen LogP) is 0.232. The number of carbonyl (C=O) groups excluding carboxylic acids is 1. The SMILES string of the molecule is CCCCN(CCO)CC(=O)NC(C)COC. The van der Waals surface area contributed by atoms with Gasteiger partial charge in [-0.1, -0.05) is 13.3 Å². The Hall–Kier alpha value is -0.650. The molecule has 0 aromatic heterocycles. The molecule has 5 nitrogen and oxygen atoms in total. The normalized spacial score (nSPS) is 12.8. The van der Waals surface area contributed by atoms with Gasteiger partial charge in [0.25, 0.3) is 0 Å². The number of hydrogen-bond donors (Lipinski definition) is 2. The van der Waals surface area contributed by atoms with E-state index in [9.17, 15) is 4.79 Å². The van der Waals surface area contributed by atoms with E-state index in [0.717, 1.165) is 19.4 Å². The number of aliphatic hydroxyl groups is 1. The lowest BCUT2D eigenvalue weighted by Gasteiger charge is -2.21. The van der Waals surface area contributed by atoms with Gasteiger partial charge < -0.3 is 15.2 Å². The summed E-state index contributed by atoms with van der Waals surface area (Å²) in [6.45, 7) is 6.36. The van der Waals surface area contributed by atoms with Gasteiger partial charge in [0, 0.05) is 19.7 Å². The van der Waals surface area contributed by atoms with Gasteiger partial charge in [0.2, 0.25) is 5.91 Å². The Bertz CT molecular complexity index is 200. The van der Waals surface area contributed by atoms with Crippen LogP contribution >= 0.6 is 0 Å². The molecular weight excluding hydrogens is 220 g/mol. The number of hydrogen-bond acceptors (Lipinski definition) is 4. The zero-order valence-corrected chi connectivity index (χ0v) is 11.2. The number of ether oxygens (including phenoxy) is 1. The monoisotopic (exact) mass is 246 g/mol. The van der Waals surface area contributed by atoms with Crippen LogP contribution in [0.25, 0.3) is 0 Å². The lowest BCUT2D eigenvalue weighted by atomic mass is 10.3. The molecule has 0 aliphatic carbocycles. The van der Waals surface area contributed by atoms with Crippen molar-refractivity contribution in [2.75, 3.05) is 40.0 Å². The molecular formula is C12H26N2O3. The molecule has 0 aliphatic rings. The van der Waals surface area contributed by atoms with Crippen LogP contribution in [0.3, 0.4) is 0 Å². The Labute approximate surface area is 104 Å². The fourth-order valence-electron chi connectivity index (χ4n) is 1.61. The van der Waals surface area contributed by atoms with Crippen molar-refractivity contribution in [3.63, 3.8) is 0 Å². The first-order valence-corrected chi connectivity index (χ1v) is 6.25. The van der Waals surface area contributed by atoms with Crippen molar-refractivity contribution in [3.8, 4) is 0 Å². The van der Waals surface area contributed by atoms with Gasteiger partial charge >= 0.3 is 0 Å². The lowest BCUT2D eigenvalue weighted by Crippen LogP contribution is -2.43. The third-order valence-electron chi connectivity index (χ3n) is 2.44. The largest absolute Gasteiger partial charge is 0.395 e. The topological polar surface area (TPSA) is 61.8 Å². The number of aliphatic hydroxyl groups excluding tert-OH is 1. The molecule has 17 heavy (non-hydrogen) atoms. The highest BCUT2D eigenvalue weighted by Gasteiger charge is 2.11. The average Bonchev–Trinajstić information content (AvgIpc) is 2.26. The number of nitrogens with zero attached hydrogens (tertiary/aromatic N) is 1. The molecule has 0 spiro atoms. The number of amides is 1. The van der Waals surface area contributed by atoms with Crippen LogP contribution in [0.15, 0.2) is 0 Å². The highest BCUT2D eigenvalue weighted by atomic mass is 16.5. The highest BCUT2D eigenvalue weighted by molar-refractivity contribution is 5.78. The minimum absolute atomic E-state index is 0.0147. The fraction of sp³-hybridized carbons (Fsp3) is 0.917. The minimum Gasteiger partial charge on any atom is -0.395 e. The van der Waals surface area contributed by atoms with E-state index >= 15 is 0 Å². The molecule has 0 saturated heterocycles. The van der Waals surface area contributed by atoms with Gasteiger partial charge in [0.05, 0.1) is 19.8 Å². The molecule has 0 bridgehead atoms. The van der Waals surface area contributed by atoms with Crippen LogP contribution < -0.4 is 5.32 Å². The predicted molar refractivity (Wildman–Crippen MR) is 67.9 cm³/mol. The van der Waals surface area contributed by atoms with Crippen LogP contribution in [0.2, 0.25) is 0 Å². The summed E-state index contributed by atoms with van der Waals surface area (Å²) < 4.78 is 4.95. The van der Waals surface area contributed by atoms with Crippen molar-refractivity contribution in [1.29, 1.82) is 0 Å². The lowest BCUT2D eigenvalue weighted by molar-refractivity contribution is -0.123. The molecule has 0 saturated carbocycles. The first-order chi connectivity index (χ1) is 8.13. The van der Waals surface area contributed by atoms with Gasteiger partial charge in [0.15, 0.2) is 0 Å². The first-order valence-electron chi connectivity index (χ1n) is 6.25. The molecule has 0 rings (SSSR count). The van der Waals surface area contributed by atoms with E-state index in [1.807, 2.05) is 11.8 Å². The Morgan fingerprint density at radius 2 is 2.18 bits per heavy atom. The third-order valence-corrected chi connectivity index (χ3v) is 2.44. The molecule has 2 N–H and O–H groups in total. The number of unbranched alkanes of at least 4 members (excludes halogenated alkanes) is 1. The Morgan fingerprint density at radius 1 is 1.47 bits per heavy atom. The zero-order chi connectivity index (χ0) is 13.1. The molecule has 0 aliphatic heterocycles. The van der Waals surface area contributed by atoms with Gasteiger partial charge in [-0.25, -0.2) is 0 Å². The maximum Gasteiger partial charge on any atom is 0.234 e. The van der Waals surface area contributed by atoms with Crippen LogP contribution in [-0.2, 0) is 9.53 Å². The summed E-state index contributed by atoms with van der Waals surface area (Å²) in [6.07, 6.45) is 2.13. The van der Waals surface area contributed by atoms with Crippen molar-refractivity contribution in [3.05, 3.63) is 0 Å². The van der Waals surface area contributed by atoms with E-state index in [1.54, 1.807) is 7.11 Å². The number of methoxy groups -OCH3 is 1. The van der Waals surface area contributed by atoms with Crippen LogP contribution in [0, 0.1) is 0 Å². The second-order valence-electron chi connectivity index (χ2n) is 4.28. The first kappa shape index (κ1) is 16.4. The van der Waals surface area contributed by atoms with Crippen molar-refractivity contribution in [2.24, 2.45) is 0 Å². The standard InChI is InChI=1S/C12H26N2O3/c1-4-5-6-14(7-8-15)9-12(16)13-11(2)10-17-3/h11,15H,4-10H2,1-3H3,(H,13,16). The third kappa shape index (κ3) is 9.09. The molecule has 1 unspecified atom stereocenters. The Morgan fingerprint density at radius 3 is 2.71 bits per heavy atom. The number of nitrogens with one attached hydrogen (secondary N) is 1. The molecule has 0 fully saturated rings. The van der Waals surface area contributed by atoms with E-state index in [1.165, 1.54) is 0 Å². The summed E-state index contributed by atoms with van der Waals surface area (Å²) in [4.78, 5) is 13.7. The Balaban J connectivity index is 3.93. The minimum atomic E-state index is -0.0147. The molecule has 0 aromatic carbocycles. The van der Waals surface area contributed by atoms with Crippen LogP contribution in [-0.4, -0.2) is 61.9 Å². The molecule has 5 heteroatoms. The van der Waals surface area contributed by atoms with E-state index in [-0.39, 0.29) is 18.6 Å². The summed E-state index contributed by atoms with van der Waals surface area (Å²) >= 11 is 0. The second-order valence-corrected chi connectivity index (χ2v) is 4.28. The smallest absolute Gasteiger partial charge is 0.234 e. The summed E-state index contributed by atoms with van der Waals surface area (Å²) in [5.41, 5.74) is 0. The molecule has 1 amide bonds. The average molecular weight is 246 g/mol. The summed E-state index contributed by atoms with van der Waals surface area (Å²) in [6, 6.07) is 0.0228. The van der Waals surface area contributed by atoms with Crippen molar-refractivity contribution in [1.82, 2.24) is 10.2 Å². The fourth-order valence-corrected chi connectivity index (χ4v) is 1.61. The van der Waals surface area contributed by atoms with E-state index in [4.69, 9.17) is 9.84 Å². The molecule has 0 radical (unpaired) electrons. The van der Waals surface area contributed by atoms with Crippen molar-refractivity contribution < 1.29 is 14.6 Å². The highest BCUT2D eigenvalue weighted by Crippen LogP contribution is 1.95. The van der Waals surface area contributed by atoms with E-state index in [2.05, 4.69) is 12.2 Å². The van der Waals surface area contributed by atoms with Crippen LogP contribution in [0.4, 0.5) is 0 Å². The molecule has 102 valence electrons. The maximum absolute atomic E-state index is 11.7. The van der Waals surface area contributed by atoms with Crippen LogP contribution in [0.1, 0.15) is 26.7 Å². The summed E-state index contributed by atoms with van der Waals surface area (Å²) in [7, 11) is 1.61. The second kappa shape index (κ2) is 10.5. The zero-order valence-electron chi connectivity index (χ0n) is 11.2. The quantitative estimate of drug-likeness (QED) is 0.579.